The Labute approximate surface area is 53.1 Å². The lowest BCUT2D eigenvalue weighted by atomic mass is 10.3. The summed E-state index contributed by atoms with van der Waals surface area (Å²) in [6, 6.07) is 0. The van der Waals surface area contributed by atoms with Gasteiger partial charge in [0.1, 0.15) is 0 Å². The third kappa shape index (κ3) is 0.580. The third-order valence-electron chi connectivity index (χ3n) is 2.38. The van der Waals surface area contributed by atoms with Gasteiger partial charge < -0.3 is 10.4 Å². The lowest BCUT2D eigenvalue weighted by molar-refractivity contribution is -0.139. The average Bonchev–Trinajstić information content (AvgIpc) is 2.30. The number of fused-ring (bicyclic) bond motifs is 1. The van der Waals surface area contributed by atoms with E-state index in [2.05, 4.69) is 5.32 Å². The molecule has 2 rings (SSSR count). The molecule has 1 aliphatic heterocycles. The smallest absolute Gasteiger partial charge is 0.307 e. The van der Waals surface area contributed by atoms with Crippen LogP contribution in [0.4, 0.5) is 0 Å². The van der Waals surface area contributed by atoms with Crippen LogP contribution < -0.4 is 5.32 Å². The maximum atomic E-state index is 10.3. The Morgan fingerprint density at radius 3 is 2.33 bits per heavy atom. The van der Waals surface area contributed by atoms with Gasteiger partial charge >= 0.3 is 5.97 Å². The van der Waals surface area contributed by atoms with E-state index in [1.807, 2.05) is 0 Å². The summed E-state index contributed by atoms with van der Waals surface area (Å²) in [4.78, 5) is 10.3. The normalized spacial score (nSPS) is 46.4. The molecule has 0 unspecified atom stereocenters. The number of rotatable bonds is 1. The predicted octanol–water partition coefficient (Wildman–Crippen LogP) is -0.464. The van der Waals surface area contributed by atoms with Gasteiger partial charge in [-0.15, -0.1) is 0 Å². The summed E-state index contributed by atoms with van der Waals surface area (Å²) in [5.74, 6) is 0.308. The number of hydrogen-bond donors (Lipinski definition) is 2. The van der Waals surface area contributed by atoms with Gasteiger partial charge in [-0.3, -0.25) is 4.79 Å². The van der Waals surface area contributed by atoms with Crippen molar-refractivity contribution in [1.29, 1.82) is 0 Å². The summed E-state index contributed by atoms with van der Waals surface area (Å²) in [5, 5.41) is 11.7. The van der Waals surface area contributed by atoms with Crippen LogP contribution in [0.1, 0.15) is 0 Å². The number of nitrogens with one attached hydrogen (secondary N) is 1. The first-order chi connectivity index (χ1) is 4.30. The minimum absolute atomic E-state index is 0.00810. The van der Waals surface area contributed by atoms with Crippen molar-refractivity contribution in [3.8, 4) is 0 Å². The van der Waals surface area contributed by atoms with E-state index in [-0.39, 0.29) is 5.92 Å². The van der Waals surface area contributed by atoms with Crippen LogP contribution in [0.15, 0.2) is 0 Å². The second kappa shape index (κ2) is 1.48. The van der Waals surface area contributed by atoms with Crippen LogP contribution in [0.2, 0.25) is 0 Å². The molecule has 2 N–H and O–H groups in total. The topological polar surface area (TPSA) is 49.3 Å². The highest BCUT2D eigenvalue weighted by atomic mass is 16.4. The average molecular weight is 127 g/mol. The molecule has 3 nitrogen and oxygen atoms in total. The van der Waals surface area contributed by atoms with Crippen LogP contribution in [-0.4, -0.2) is 24.2 Å². The lowest BCUT2D eigenvalue weighted by Crippen LogP contribution is -2.18. The molecule has 1 saturated heterocycles. The number of hydrogen-bond acceptors (Lipinski definition) is 2. The first kappa shape index (κ1) is 5.23. The van der Waals surface area contributed by atoms with Gasteiger partial charge in [-0.1, -0.05) is 0 Å². The van der Waals surface area contributed by atoms with E-state index in [0.717, 1.165) is 13.1 Å². The summed E-state index contributed by atoms with van der Waals surface area (Å²) >= 11 is 0. The summed E-state index contributed by atoms with van der Waals surface area (Å²) in [5.41, 5.74) is 0. The zero-order valence-corrected chi connectivity index (χ0v) is 5.00. The van der Waals surface area contributed by atoms with Crippen LogP contribution in [-0.2, 0) is 4.79 Å². The summed E-state index contributed by atoms with van der Waals surface area (Å²) in [6.45, 7) is 1.84. The molecular weight excluding hydrogens is 118 g/mol. The van der Waals surface area contributed by atoms with E-state index >= 15 is 0 Å². The molecule has 0 radical (unpaired) electrons. The monoisotopic (exact) mass is 127 g/mol. The Hall–Kier alpha value is -0.570. The van der Waals surface area contributed by atoms with E-state index in [1.165, 1.54) is 0 Å². The molecule has 1 saturated carbocycles. The van der Waals surface area contributed by atoms with E-state index < -0.39 is 5.97 Å². The van der Waals surface area contributed by atoms with E-state index in [4.69, 9.17) is 5.11 Å². The van der Waals surface area contributed by atoms with Crippen molar-refractivity contribution in [3.63, 3.8) is 0 Å². The fraction of sp³-hybridized carbons (Fsp3) is 0.833. The van der Waals surface area contributed by atoms with Crippen LogP contribution in [0, 0.1) is 17.8 Å². The Kier molecular flexibility index (Phi) is 0.858. The van der Waals surface area contributed by atoms with Crippen LogP contribution >= 0.6 is 0 Å². The molecule has 0 bridgehead atoms. The van der Waals surface area contributed by atoms with Gasteiger partial charge in [0.15, 0.2) is 0 Å². The van der Waals surface area contributed by atoms with Crippen molar-refractivity contribution in [2.75, 3.05) is 13.1 Å². The van der Waals surface area contributed by atoms with Gasteiger partial charge in [0.05, 0.1) is 5.92 Å². The Balaban J connectivity index is 2.02. The second-order valence-corrected chi connectivity index (χ2v) is 2.85. The van der Waals surface area contributed by atoms with Crippen molar-refractivity contribution in [1.82, 2.24) is 5.32 Å². The van der Waals surface area contributed by atoms with Crippen molar-refractivity contribution in [3.05, 3.63) is 0 Å². The minimum Gasteiger partial charge on any atom is -0.481 e. The van der Waals surface area contributed by atoms with Crippen molar-refractivity contribution >= 4 is 5.97 Å². The quantitative estimate of drug-likeness (QED) is 0.501. The third-order valence-corrected chi connectivity index (χ3v) is 2.38. The largest absolute Gasteiger partial charge is 0.481 e. The van der Waals surface area contributed by atoms with Crippen molar-refractivity contribution in [2.24, 2.45) is 17.8 Å². The molecule has 0 spiro atoms. The first-order valence-corrected chi connectivity index (χ1v) is 3.24. The van der Waals surface area contributed by atoms with Crippen LogP contribution in [0.25, 0.3) is 0 Å². The zero-order chi connectivity index (χ0) is 6.43. The lowest BCUT2D eigenvalue weighted by Gasteiger charge is -1.96. The van der Waals surface area contributed by atoms with E-state index in [1.54, 1.807) is 0 Å². The first-order valence-electron chi connectivity index (χ1n) is 3.24. The van der Waals surface area contributed by atoms with E-state index in [0.29, 0.717) is 11.8 Å². The number of piperidine rings is 1. The molecule has 1 heterocycles. The highest BCUT2D eigenvalue weighted by Crippen LogP contribution is 2.48. The zero-order valence-electron chi connectivity index (χ0n) is 5.00. The number of carboxylic acids is 1. The van der Waals surface area contributed by atoms with Crippen molar-refractivity contribution < 1.29 is 9.90 Å². The molecule has 0 amide bonds. The Morgan fingerprint density at radius 2 is 2.00 bits per heavy atom. The molecule has 3 heteroatoms. The summed E-state index contributed by atoms with van der Waals surface area (Å²) in [7, 11) is 0. The fourth-order valence-corrected chi connectivity index (χ4v) is 1.78. The van der Waals surface area contributed by atoms with Crippen molar-refractivity contribution in [2.45, 2.75) is 0 Å². The second-order valence-electron chi connectivity index (χ2n) is 2.85. The minimum atomic E-state index is -0.605. The standard InChI is InChI=1S/C6H9NO2/c8-6(9)5-3-1-7-2-4(3)5/h3-5,7H,1-2H2,(H,8,9)/t3-,4+,5+. The van der Waals surface area contributed by atoms with Gasteiger partial charge in [-0.2, -0.15) is 0 Å². The molecule has 0 aromatic carbocycles. The summed E-state index contributed by atoms with van der Waals surface area (Å²) < 4.78 is 0. The SMILES string of the molecule is O=C(O)[C@H]1[C@@H]2CNC[C@@H]21. The fourth-order valence-electron chi connectivity index (χ4n) is 1.78. The number of aliphatic carboxylic acids is 1. The van der Waals surface area contributed by atoms with Crippen LogP contribution in [0.3, 0.4) is 0 Å². The van der Waals surface area contributed by atoms with Gasteiger partial charge in [-0.25, -0.2) is 0 Å². The van der Waals surface area contributed by atoms with Gasteiger partial charge in [0.2, 0.25) is 0 Å². The highest BCUT2D eigenvalue weighted by Gasteiger charge is 2.57. The molecule has 1 aliphatic carbocycles. The van der Waals surface area contributed by atoms with Gasteiger partial charge in [0.25, 0.3) is 0 Å². The molecule has 2 aliphatic rings. The number of carboxylic acid groups (broad SMARTS) is 1. The molecule has 0 aromatic heterocycles. The van der Waals surface area contributed by atoms with Crippen LogP contribution in [0.5, 0.6) is 0 Å². The predicted molar refractivity (Wildman–Crippen MR) is 31.0 cm³/mol. The molecule has 0 aromatic rings. The summed E-state index contributed by atoms with van der Waals surface area (Å²) in [6.07, 6.45) is 0. The Morgan fingerprint density at radius 1 is 1.44 bits per heavy atom. The Bertz CT molecular complexity index is 147. The van der Waals surface area contributed by atoms with Gasteiger partial charge in [0, 0.05) is 0 Å². The molecule has 9 heavy (non-hydrogen) atoms. The van der Waals surface area contributed by atoms with E-state index in [9.17, 15) is 4.79 Å². The highest BCUT2D eigenvalue weighted by molar-refractivity contribution is 5.74. The molecule has 3 atom stereocenters. The number of carbonyl (C=O) groups is 1. The molecule has 50 valence electrons. The maximum Gasteiger partial charge on any atom is 0.307 e. The molecule has 2 fully saturated rings. The van der Waals surface area contributed by atoms with Gasteiger partial charge in [-0.05, 0) is 24.9 Å². The molecular formula is C6H9NO2. The maximum absolute atomic E-state index is 10.3.